The Morgan fingerprint density at radius 2 is 2.13 bits per heavy atom. The first-order chi connectivity index (χ1) is 14.7. The van der Waals surface area contributed by atoms with E-state index in [-0.39, 0.29) is 28.7 Å². The molecular formula is C21H23ClN4O4S. The molecule has 1 aromatic heterocycles. The van der Waals surface area contributed by atoms with Crippen molar-refractivity contribution >= 4 is 27.3 Å². The third kappa shape index (κ3) is 4.07. The summed E-state index contributed by atoms with van der Waals surface area (Å²) >= 11 is 6.37. The van der Waals surface area contributed by atoms with E-state index in [1.807, 2.05) is 13.1 Å². The number of sulfone groups is 1. The quantitative estimate of drug-likeness (QED) is 0.705. The maximum atomic E-state index is 13.3. The van der Waals surface area contributed by atoms with Gasteiger partial charge >= 0.3 is 0 Å². The van der Waals surface area contributed by atoms with Gasteiger partial charge in [0.25, 0.3) is 0 Å². The van der Waals surface area contributed by atoms with E-state index < -0.39 is 32.6 Å². The third-order valence-corrected chi connectivity index (χ3v) is 8.72. The monoisotopic (exact) mass is 462 g/mol. The van der Waals surface area contributed by atoms with Crippen molar-refractivity contribution in [1.82, 2.24) is 15.1 Å². The minimum absolute atomic E-state index is 0.0263. The molecule has 2 aliphatic rings. The van der Waals surface area contributed by atoms with Crippen LogP contribution in [0.15, 0.2) is 35.5 Å². The highest BCUT2D eigenvalue weighted by molar-refractivity contribution is 7.92. The van der Waals surface area contributed by atoms with Crippen LogP contribution < -0.4 is 5.32 Å². The van der Waals surface area contributed by atoms with Gasteiger partial charge < -0.3 is 10.1 Å². The second-order valence-corrected chi connectivity index (χ2v) is 10.9. The Labute approximate surface area is 186 Å². The smallest absolute Gasteiger partial charge is 0.227 e. The lowest BCUT2D eigenvalue weighted by molar-refractivity contribution is -0.128. The van der Waals surface area contributed by atoms with Gasteiger partial charge in [-0.1, -0.05) is 11.6 Å². The number of carbonyl (C=O) groups is 1. The van der Waals surface area contributed by atoms with Crippen molar-refractivity contribution in [1.29, 1.82) is 5.26 Å². The fraction of sp³-hybridized carbons (Fsp3) is 0.476. The number of methoxy groups -OCH3 is 1. The first kappa shape index (κ1) is 21.8. The SMILES string of the molecule is CO[C@H]1C[C@@H](S(=O)(=O)c2ccc(-n3cc(C)cn3)cc2Cl)C[C@@H]1C(=O)NC1(C#N)CC1. The van der Waals surface area contributed by atoms with Gasteiger partial charge in [-0.05, 0) is 56.4 Å². The molecule has 1 amide bonds. The second kappa shape index (κ2) is 7.93. The van der Waals surface area contributed by atoms with E-state index in [9.17, 15) is 18.5 Å². The van der Waals surface area contributed by atoms with E-state index in [4.69, 9.17) is 16.3 Å². The number of rotatable bonds is 6. The Bertz CT molecular complexity index is 1170. The molecule has 3 atom stereocenters. The minimum Gasteiger partial charge on any atom is -0.381 e. The van der Waals surface area contributed by atoms with Crippen LogP contribution in [0.3, 0.4) is 0 Å². The fourth-order valence-electron chi connectivity index (χ4n) is 4.06. The van der Waals surface area contributed by atoms with Gasteiger partial charge in [-0.25, -0.2) is 13.1 Å². The molecule has 0 radical (unpaired) electrons. The molecular weight excluding hydrogens is 440 g/mol. The average molecular weight is 463 g/mol. The van der Waals surface area contributed by atoms with E-state index in [2.05, 4.69) is 16.5 Å². The van der Waals surface area contributed by atoms with Gasteiger partial charge in [0.15, 0.2) is 9.84 Å². The number of aryl methyl sites for hydroxylation is 1. The lowest BCUT2D eigenvalue weighted by Crippen LogP contribution is -2.42. The van der Waals surface area contributed by atoms with Gasteiger partial charge in [0.2, 0.25) is 5.91 Å². The van der Waals surface area contributed by atoms with Crippen LogP contribution in [0.2, 0.25) is 5.02 Å². The van der Waals surface area contributed by atoms with Crippen LogP contribution in [-0.2, 0) is 19.4 Å². The number of amides is 1. The minimum atomic E-state index is -3.79. The molecule has 0 bridgehead atoms. The summed E-state index contributed by atoms with van der Waals surface area (Å²) in [6, 6.07) is 6.82. The van der Waals surface area contributed by atoms with Crippen molar-refractivity contribution < 1.29 is 17.9 Å². The molecule has 0 aliphatic heterocycles. The maximum Gasteiger partial charge on any atom is 0.227 e. The largest absolute Gasteiger partial charge is 0.381 e. The van der Waals surface area contributed by atoms with Gasteiger partial charge in [-0.15, -0.1) is 0 Å². The Morgan fingerprint density at radius 3 is 2.68 bits per heavy atom. The van der Waals surface area contributed by atoms with E-state index in [0.717, 1.165) is 5.56 Å². The fourth-order valence-corrected chi connectivity index (χ4v) is 6.41. The number of nitrogens with zero attached hydrogens (tertiary/aromatic N) is 3. The summed E-state index contributed by atoms with van der Waals surface area (Å²) in [5.74, 6) is -0.972. The molecule has 0 spiro atoms. The lowest BCUT2D eigenvalue weighted by atomic mass is 10.0. The normalized spacial score (nSPS) is 24.5. The Kier molecular flexibility index (Phi) is 5.58. The van der Waals surface area contributed by atoms with Crippen molar-refractivity contribution in [2.24, 2.45) is 5.92 Å². The highest BCUT2D eigenvalue weighted by Crippen LogP contribution is 2.40. The number of carbonyl (C=O) groups excluding carboxylic acids is 1. The summed E-state index contributed by atoms with van der Waals surface area (Å²) < 4.78 is 33.7. The van der Waals surface area contributed by atoms with Crippen LogP contribution in [0.5, 0.6) is 0 Å². The Morgan fingerprint density at radius 1 is 1.39 bits per heavy atom. The van der Waals surface area contributed by atoms with Crippen LogP contribution in [0, 0.1) is 24.2 Å². The number of nitriles is 1. The number of halogens is 1. The predicted octanol–water partition coefficient (Wildman–Crippen LogP) is 2.57. The third-order valence-electron chi connectivity index (χ3n) is 6.06. The Balaban J connectivity index is 1.56. The summed E-state index contributed by atoms with van der Waals surface area (Å²) in [7, 11) is -2.33. The summed E-state index contributed by atoms with van der Waals surface area (Å²) in [6.07, 6.45) is 4.50. The van der Waals surface area contributed by atoms with E-state index in [0.29, 0.717) is 18.5 Å². The zero-order valence-corrected chi connectivity index (χ0v) is 18.8. The standard InChI is InChI=1S/C21H23ClN4O4S/c1-13-10-24-26(11-13)14-3-4-19(17(22)7-14)31(28,29)15-8-16(18(9-15)30-2)20(27)25-21(12-23)5-6-21/h3-4,7,10-11,15-16,18H,5-6,8-9H2,1-2H3,(H,25,27)/t15-,16-,18-/m0/s1. The van der Waals surface area contributed by atoms with Gasteiger partial charge in [-0.3, -0.25) is 4.79 Å². The molecule has 2 fully saturated rings. The summed E-state index contributed by atoms with van der Waals surface area (Å²) in [5, 5.41) is 15.5. The van der Waals surface area contributed by atoms with Crippen LogP contribution >= 0.6 is 11.6 Å². The van der Waals surface area contributed by atoms with Gasteiger partial charge in [0.1, 0.15) is 5.54 Å². The van der Waals surface area contributed by atoms with Crippen LogP contribution in [-0.4, -0.2) is 48.1 Å². The number of nitrogens with one attached hydrogen (secondary N) is 1. The first-order valence-corrected chi connectivity index (χ1v) is 11.9. The zero-order valence-electron chi connectivity index (χ0n) is 17.2. The molecule has 2 aliphatic carbocycles. The van der Waals surface area contributed by atoms with E-state index in [1.54, 1.807) is 23.0 Å². The number of hydrogen-bond donors (Lipinski definition) is 1. The number of ether oxygens (including phenoxy) is 1. The van der Waals surface area contributed by atoms with Crippen molar-refractivity contribution in [3.8, 4) is 11.8 Å². The van der Waals surface area contributed by atoms with Crippen molar-refractivity contribution in [3.63, 3.8) is 0 Å². The van der Waals surface area contributed by atoms with Crippen LogP contribution in [0.4, 0.5) is 0 Å². The van der Waals surface area contributed by atoms with Crippen molar-refractivity contribution in [3.05, 3.63) is 41.2 Å². The second-order valence-electron chi connectivity index (χ2n) is 8.28. The molecule has 4 rings (SSSR count). The topological polar surface area (TPSA) is 114 Å². The predicted molar refractivity (Wildman–Crippen MR) is 114 cm³/mol. The molecule has 31 heavy (non-hydrogen) atoms. The molecule has 10 heteroatoms. The molecule has 2 saturated carbocycles. The molecule has 164 valence electrons. The summed E-state index contributed by atoms with van der Waals surface area (Å²) in [4.78, 5) is 12.8. The zero-order chi connectivity index (χ0) is 22.4. The molecule has 0 saturated heterocycles. The molecule has 8 nitrogen and oxygen atoms in total. The maximum absolute atomic E-state index is 13.3. The molecule has 1 aromatic carbocycles. The van der Waals surface area contributed by atoms with Crippen molar-refractivity contribution in [2.45, 2.75) is 54.4 Å². The number of aromatic nitrogens is 2. The van der Waals surface area contributed by atoms with Crippen LogP contribution in [0.1, 0.15) is 31.2 Å². The lowest BCUT2D eigenvalue weighted by Gasteiger charge is -2.19. The van der Waals surface area contributed by atoms with Gasteiger partial charge in [0.05, 0.1) is 45.1 Å². The van der Waals surface area contributed by atoms with Gasteiger partial charge in [0, 0.05) is 13.3 Å². The number of benzene rings is 1. The van der Waals surface area contributed by atoms with Gasteiger partial charge in [-0.2, -0.15) is 10.4 Å². The molecule has 1 heterocycles. The first-order valence-electron chi connectivity index (χ1n) is 10.0. The average Bonchev–Trinajstić information content (AvgIpc) is 3.15. The molecule has 0 unspecified atom stereocenters. The Hall–Kier alpha value is -2.41. The van der Waals surface area contributed by atoms with E-state index >= 15 is 0 Å². The van der Waals surface area contributed by atoms with Crippen molar-refractivity contribution in [2.75, 3.05) is 7.11 Å². The summed E-state index contributed by atoms with van der Waals surface area (Å²) in [6.45, 7) is 1.91. The summed E-state index contributed by atoms with van der Waals surface area (Å²) in [5.41, 5.74) is 0.816. The highest BCUT2D eigenvalue weighted by Gasteiger charge is 2.50. The van der Waals surface area contributed by atoms with Crippen LogP contribution in [0.25, 0.3) is 5.69 Å². The van der Waals surface area contributed by atoms with E-state index in [1.165, 1.54) is 13.2 Å². The highest BCUT2D eigenvalue weighted by atomic mass is 35.5. The molecule has 2 aromatic rings. The molecule has 1 N–H and O–H groups in total. The number of hydrogen-bond acceptors (Lipinski definition) is 6.